The van der Waals surface area contributed by atoms with E-state index in [1.807, 2.05) is 0 Å². The number of rotatable bonds is 5. The van der Waals surface area contributed by atoms with Crippen molar-refractivity contribution in [3.8, 4) is 0 Å². The van der Waals surface area contributed by atoms with E-state index in [9.17, 15) is 0 Å². The number of hydrogen-bond donors (Lipinski definition) is 0. The van der Waals surface area contributed by atoms with E-state index in [0.29, 0.717) is 0 Å². The van der Waals surface area contributed by atoms with E-state index in [1.54, 1.807) is 0 Å². The molecule has 3 heteroatoms. The molecule has 0 aliphatic heterocycles. The molecule has 0 aliphatic carbocycles. The quantitative estimate of drug-likeness (QED) is 0.233. The van der Waals surface area contributed by atoms with Gasteiger partial charge in [-0.05, 0) is 0 Å². The fraction of sp³-hybridized carbons (Fsp3) is 0.100. The summed E-state index contributed by atoms with van der Waals surface area (Å²) in [6, 6.07) is 33.3. The Kier molecular flexibility index (Phi) is 5.44. The summed E-state index contributed by atoms with van der Waals surface area (Å²) in [5.74, 6) is 0. The number of alkyl halides is 1. The van der Waals surface area contributed by atoms with Crippen LogP contribution in [0.1, 0.15) is 0 Å². The Bertz CT molecular complexity index is 658. The van der Waals surface area contributed by atoms with Crippen molar-refractivity contribution in [2.75, 3.05) is 10.6 Å². The van der Waals surface area contributed by atoms with Crippen LogP contribution < -0.4 is 15.9 Å². The molecule has 0 aliphatic rings. The second-order valence-electron chi connectivity index (χ2n) is 5.60. The van der Waals surface area contributed by atoms with Crippen LogP contribution in [0.2, 0.25) is 0 Å². The fourth-order valence-corrected chi connectivity index (χ4v) is 16.9. The third-order valence-corrected chi connectivity index (χ3v) is 17.4. The molecular weight excluding hydrogens is 525 g/mol. The minimum absolute atomic E-state index is 1.14. The normalized spacial score (nSPS) is 13.2. The van der Waals surface area contributed by atoms with E-state index in [-0.39, 0.29) is 0 Å². The summed E-state index contributed by atoms with van der Waals surface area (Å²) in [7, 11) is 0. The van der Waals surface area contributed by atoms with E-state index < -0.39 is 4.25 Å². The van der Waals surface area contributed by atoms with E-state index in [4.69, 9.17) is 0 Å². The monoisotopic (exact) mass is 544 g/mol. The average Bonchev–Trinajstić information content (AvgIpc) is 2.64. The van der Waals surface area contributed by atoms with Gasteiger partial charge in [0.05, 0.1) is 0 Å². The Morgan fingerprint density at radius 2 is 0.870 bits per heavy atom. The zero-order valence-corrected chi connectivity index (χ0v) is 18.0. The molecule has 0 atom stereocenters. The van der Waals surface area contributed by atoms with Gasteiger partial charge in [0.15, 0.2) is 0 Å². The van der Waals surface area contributed by atoms with Gasteiger partial charge in [0.25, 0.3) is 0 Å². The predicted molar refractivity (Wildman–Crippen MR) is 123 cm³/mol. The van der Waals surface area contributed by atoms with E-state index in [0.717, 1.165) is 4.43 Å². The van der Waals surface area contributed by atoms with Gasteiger partial charge in [-0.2, -0.15) is 0 Å². The maximum atomic E-state index is 2.83. The Morgan fingerprint density at radius 1 is 0.565 bits per heavy atom. The molecule has 0 spiro atoms. The van der Waals surface area contributed by atoms with Crippen LogP contribution in [0.25, 0.3) is 0 Å². The topological polar surface area (TPSA) is 0 Å². The molecule has 0 amide bonds. The summed E-state index contributed by atoms with van der Waals surface area (Å²) >= 11 is 5.36. The molecular formula is C20H19I2P. The van der Waals surface area contributed by atoms with Gasteiger partial charge in [0, 0.05) is 0 Å². The Labute approximate surface area is 165 Å². The molecule has 0 nitrogen and oxygen atoms in total. The van der Waals surface area contributed by atoms with Crippen molar-refractivity contribution in [3.05, 3.63) is 91.0 Å². The number of halogens is 2. The van der Waals surface area contributed by atoms with E-state index >= 15 is 0 Å². The van der Waals surface area contributed by atoms with Gasteiger partial charge in [0.2, 0.25) is 0 Å². The summed E-state index contributed by atoms with van der Waals surface area (Å²) in [6.07, 6.45) is 1.17. The van der Waals surface area contributed by atoms with Gasteiger partial charge >= 0.3 is 166 Å². The van der Waals surface area contributed by atoms with Crippen molar-refractivity contribution in [1.82, 2.24) is 0 Å². The van der Waals surface area contributed by atoms with Gasteiger partial charge in [-0.15, -0.1) is 0 Å². The van der Waals surface area contributed by atoms with Gasteiger partial charge in [-0.3, -0.25) is 0 Å². The van der Waals surface area contributed by atoms with Gasteiger partial charge < -0.3 is 0 Å². The molecule has 118 valence electrons. The predicted octanol–water partition coefficient (Wildman–Crippen LogP) is 5.30. The SMILES string of the molecule is ICCP(I)(c1ccccc1)(c1ccccc1)c1ccccc1. The van der Waals surface area contributed by atoms with Crippen molar-refractivity contribution in [3.63, 3.8) is 0 Å². The second-order valence-corrected chi connectivity index (χ2v) is 17.4. The molecule has 0 unspecified atom stereocenters. The van der Waals surface area contributed by atoms with Crippen LogP contribution in [0.4, 0.5) is 0 Å². The molecule has 0 bridgehead atoms. The molecule has 0 radical (unpaired) electrons. The zero-order valence-electron chi connectivity index (χ0n) is 12.8. The van der Waals surface area contributed by atoms with Crippen molar-refractivity contribution in [2.45, 2.75) is 0 Å². The zero-order chi connectivity index (χ0) is 16.2. The first kappa shape index (κ1) is 17.4. The maximum absolute atomic E-state index is 2.83. The van der Waals surface area contributed by atoms with Crippen LogP contribution in [0, 0.1) is 0 Å². The number of hydrogen-bond acceptors (Lipinski definition) is 0. The molecule has 0 heterocycles. The third-order valence-electron chi connectivity index (χ3n) is 4.39. The van der Waals surface area contributed by atoms with Crippen molar-refractivity contribution < 1.29 is 0 Å². The fourth-order valence-electron chi connectivity index (χ4n) is 3.21. The number of benzene rings is 3. The molecule has 0 saturated heterocycles. The average molecular weight is 544 g/mol. The molecule has 3 aromatic rings. The second kappa shape index (κ2) is 7.20. The Morgan fingerprint density at radius 3 is 1.13 bits per heavy atom. The first-order valence-corrected chi connectivity index (χ1v) is 14.4. The van der Waals surface area contributed by atoms with Crippen LogP contribution in [0.5, 0.6) is 0 Å². The van der Waals surface area contributed by atoms with Crippen LogP contribution in [0.3, 0.4) is 0 Å². The first-order valence-electron chi connectivity index (χ1n) is 7.66. The van der Waals surface area contributed by atoms with Gasteiger partial charge in [-0.1, -0.05) is 0 Å². The Balaban J connectivity index is 2.41. The van der Waals surface area contributed by atoms with Crippen LogP contribution >= 0.6 is 48.9 Å². The standard InChI is InChI=1S/C20H19I2P/c21-16-17-23(22,18-10-4-1-5-11-18,19-12-6-2-7-13-19)20-14-8-3-9-15-20/h1-15H,16-17H2. The van der Waals surface area contributed by atoms with E-state index in [1.165, 1.54) is 22.1 Å². The summed E-state index contributed by atoms with van der Waals surface area (Å²) in [5, 5.41) is 4.40. The van der Waals surface area contributed by atoms with Crippen LogP contribution in [-0.2, 0) is 0 Å². The summed E-state index contributed by atoms with van der Waals surface area (Å²) < 4.78 is -1.33. The molecule has 3 rings (SSSR count). The molecule has 0 saturated carbocycles. The molecule has 23 heavy (non-hydrogen) atoms. The van der Waals surface area contributed by atoms with Crippen molar-refractivity contribution in [1.29, 1.82) is 0 Å². The molecule has 0 N–H and O–H groups in total. The first-order chi connectivity index (χ1) is 11.2. The molecule has 0 fully saturated rings. The van der Waals surface area contributed by atoms with Crippen molar-refractivity contribution >= 4 is 64.8 Å². The molecule has 3 aromatic carbocycles. The van der Waals surface area contributed by atoms with Gasteiger partial charge in [-0.25, -0.2) is 0 Å². The molecule has 0 aromatic heterocycles. The minimum atomic E-state index is -2.47. The van der Waals surface area contributed by atoms with Crippen LogP contribution in [0.15, 0.2) is 91.0 Å². The van der Waals surface area contributed by atoms with Crippen LogP contribution in [-0.4, -0.2) is 10.6 Å². The van der Waals surface area contributed by atoms with Gasteiger partial charge in [0.1, 0.15) is 0 Å². The summed E-state index contributed by atoms with van der Waals surface area (Å²) in [5.41, 5.74) is 0. The summed E-state index contributed by atoms with van der Waals surface area (Å²) in [6.45, 7) is 0. The Hall–Kier alpha value is -0.450. The van der Waals surface area contributed by atoms with E-state index in [2.05, 4.69) is 136 Å². The third kappa shape index (κ3) is 2.98. The van der Waals surface area contributed by atoms with Crippen molar-refractivity contribution in [2.24, 2.45) is 0 Å². The summed E-state index contributed by atoms with van der Waals surface area (Å²) in [4.78, 5) is 0.